The maximum Gasteiger partial charge on any atom is 0.169 e. The Labute approximate surface area is 143 Å². The zero-order valence-corrected chi connectivity index (χ0v) is 15.8. The van der Waals surface area contributed by atoms with Gasteiger partial charge in [0.05, 0.1) is 18.8 Å². The molecular weight excluding hydrogens is 288 g/mol. The van der Waals surface area contributed by atoms with Crippen molar-refractivity contribution >= 4 is 0 Å². The van der Waals surface area contributed by atoms with Crippen molar-refractivity contribution in [2.24, 2.45) is 11.3 Å². The van der Waals surface area contributed by atoms with Gasteiger partial charge in [0.25, 0.3) is 0 Å². The molecule has 1 N–H and O–H groups in total. The second-order valence-corrected chi connectivity index (χ2v) is 8.45. The molecule has 3 aliphatic rings. The lowest BCUT2D eigenvalue weighted by Gasteiger charge is -2.43. The molecule has 3 nitrogen and oxygen atoms in total. The maximum atomic E-state index is 9.84. The van der Waals surface area contributed by atoms with Crippen molar-refractivity contribution in [3.63, 3.8) is 0 Å². The molecule has 0 bridgehead atoms. The topological polar surface area (TPSA) is 38.7 Å². The normalized spacial score (nSPS) is 33.0. The van der Waals surface area contributed by atoms with Gasteiger partial charge >= 0.3 is 0 Å². The largest absolute Gasteiger partial charge is 0.390 e. The first kappa shape index (κ1) is 19.2. The Morgan fingerprint density at radius 1 is 1.09 bits per heavy atom. The van der Waals surface area contributed by atoms with Crippen LogP contribution in [-0.2, 0) is 9.47 Å². The minimum Gasteiger partial charge on any atom is -0.390 e. The summed E-state index contributed by atoms with van der Waals surface area (Å²) in [6.45, 7) is 9.40. The van der Waals surface area contributed by atoms with Crippen LogP contribution in [0.4, 0.5) is 0 Å². The van der Waals surface area contributed by atoms with Gasteiger partial charge < -0.3 is 14.6 Å². The molecular formula is C20H38O3. The minimum atomic E-state index is -0.503. The molecule has 2 atom stereocenters. The number of hydrogen-bond acceptors (Lipinski definition) is 3. The maximum absolute atomic E-state index is 9.84. The van der Waals surface area contributed by atoms with E-state index < -0.39 is 5.60 Å². The van der Waals surface area contributed by atoms with Crippen molar-refractivity contribution in [1.29, 1.82) is 0 Å². The first-order chi connectivity index (χ1) is 10.9. The molecule has 23 heavy (non-hydrogen) atoms. The van der Waals surface area contributed by atoms with Crippen LogP contribution < -0.4 is 0 Å². The molecule has 0 aromatic carbocycles. The summed E-state index contributed by atoms with van der Waals surface area (Å²) in [6.07, 6.45) is 12.3. The van der Waals surface area contributed by atoms with Gasteiger partial charge in [0.15, 0.2) is 5.79 Å². The van der Waals surface area contributed by atoms with E-state index in [-0.39, 0.29) is 5.79 Å². The van der Waals surface area contributed by atoms with Gasteiger partial charge in [0, 0.05) is 12.8 Å². The lowest BCUT2D eigenvalue weighted by molar-refractivity contribution is -0.201. The summed E-state index contributed by atoms with van der Waals surface area (Å²) in [6, 6.07) is 0. The molecule has 0 amide bonds. The molecule has 0 aromatic rings. The van der Waals surface area contributed by atoms with Crippen LogP contribution in [0.15, 0.2) is 0 Å². The molecule has 1 heterocycles. The van der Waals surface area contributed by atoms with E-state index in [4.69, 9.17) is 9.47 Å². The van der Waals surface area contributed by atoms with Crippen LogP contribution in [0, 0.1) is 11.3 Å². The monoisotopic (exact) mass is 326 g/mol. The Morgan fingerprint density at radius 2 is 1.78 bits per heavy atom. The fourth-order valence-electron chi connectivity index (χ4n) is 5.01. The summed E-state index contributed by atoms with van der Waals surface area (Å²) in [4.78, 5) is 0. The predicted octanol–water partition coefficient (Wildman–Crippen LogP) is 5.06. The predicted molar refractivity (Wildman–Crippen MR) is 94.4 cm³/mol. The molecule has 2 spiro atoms. The molecule has 0 aromatic heterocycles. The van der Waals surface area contributed by atoms with Crippen molar-refractivity contribution in [2.45, 2.75) is 103 Å². The highest BCUT2D eigenvalue weighted by molar-refractivity contribution is 4.97. The lowest BCUT2D eigenvalue weighted by atomic mass is 9.69. The second-order valence-electron chi connectivity index (χ2n) is 8.45. The lowest BCUT2D eigenvalue weighted by Crippen LogP contribution is -2.41. The Balaban J connectivity index is 0.000000924. The molecule has 3 heteroatoms. The van der Waals surface area contributed by atoms with Crippen LogP contribution in [0.25, 0.3) is 0 Å². The Hall–Kier alpha value is -0.120. The van der Waals surface area contributed by atoms with Gasteiger partial charge in [0.1, 0.15) is 0 Å². The molecule has 0 radical (unpaired) electrons. The summed E-state index contributed by atoms with van der Waals surface area (Å²) in [5.74, 6) is 0.629. The van der Waals surface area contributed by atoms with Crippen molar-refractivity contribution in [2.75, 3.05) is 13.2 Å². The molecule has 3 rings (SSSR count). The van der Waals surface area contributed by atoms with Crippen molar-refractivity contribution in [3.8, 4) is 0 Å². The molecule has 136 valence electrons. The van der Waals surface area contributed by atoms with Gasteiger partial charge in [-0.3, -0.25) is 0 Å². The molecule has 2 aliphatic carbocycles. The Kier molecular flexibility index (Phi) is 6.55. The number of ether oxygens (including phenoxy) is 2. The van der Waals surface area contributed by atoms with Gasteiger partial charge in [-0.2, -0.15) is 0 Å². The summed E-state index contributed by atoms with van der Waals surface area (Å²) >= 11 is 0. The molecule has 3 fully saturated rings. The van der Waals surface area contributed by atoms with Gasteiger partial charge in [-0.1, -0.05) is 26.7 Å². The third-order valence-corrected chi connectivity index (χ3v) is 5.93. The van der Waals surface area contributed by atoms with E-state index in [9.17, 15) is 5.11 Å². The van der Waals surface area contributed by atoms with Crippen LogP contribution in [0.5, 0.6) is 0 Å². The first-order valence-corrected chi connectivity index (χ1v) is 9.91. The molecule has 1 saturated heterocycles. The van der Waals surface area contributed by atoms with E-state index in [0.717, 1.165) is 44.8 Å². The van der Waals surface area contributed by atoms with E-state index in [1.807, 2.05) is 27.7 Å². The SMILES string of the molecule is CC.CC(C)(O)CCC[C@@H]1CC[C@@]2(CCCC3(C2)OCCO3)C1. The molecule has 1 aliphatic heterocycles. The fourth-order valence-corrected chi connectivity index (χ4v) is 5.01. The smallest absolute Gasteiger partial charge is 0.169 e. The van der Waals surface area contributed by atoms with E-state index in [1.54, 1.807) is 0 Å². The zero-order valence-electron chi connectivity index (χ0n) is 15.8. The first-order valence-electron chi connectivity index (χ1n) is 9.91. The summed E-state index contributed by atoms with van der Waals surface area (Å²) in [5, 5.41) is 9.84. The van der Waals surface area contributed by atoms with E-state index in [2.05, 4.69) is 0 Å². The third-order valence-electron chi connectivity index (χ3n) is 5.93. The van der Waals surface area contributed by atoms with Crippen molar-refractivity contribution in [3.05, 3.63) is 0 Å². The zero-order chi connectivity index (χ0) is 17.0. The fraction of sp³-hybridized carbons (Fsp3) is 1.00. The van der Waals surface area contributed by atoms with E-state index >= 15 is 0 Å². The van der Waals surface area contributed by atoms with Gasteiger partial charge in [-0.25, -0.2) is 0 Å². The summed E-state index contributed by atoms with van der Waals surface area (Å²) in [7, 11) is 0. The average molecular weight is 327 g/mol. The van der Waals surface area contributed by atoms with E-state index in [0.29, 0.717) is 5.41 Å². The van der Waals surface area contributed by atoms with Gasteiger partial charge in [0.2, 0.25) is 0 Å². The Morgan fingerprint density at radius 3 is 2.43 bits per heavy atom. The molecule has 0 unspecified atom stereocenters. The highest BCUT2D eigenvalue weighted by Crippen LogP contribution is 2.56. The van der Waals surface area contributed by atoms with Crippen LogP contribution in [-0.4, -0.2) is 29.7 Å². The summed E-state index contributed by atoms with van der Waals surface area (Å²) < 4.78 is 11.9. The van der Waals surface area contributed by atoms with Crippen LogP contribution in [0.2, 0.25) is 0 Å². The number of aliphatic hydroxyl groups is 1. The molecule has 2 saturated carbocycles. The highest BCUT2D eigenvalue weighted by Gasteiger charge is 2.50. The average Bonchev–Trinajstić information content (AvgIpc) is 3.08. The summed E-state index contributed by atoms with van der Waals surface area (Å²) in [5.41, 5.74) is -0.0152. The second kappa shape index (κ2) is 7.84. The highest BCUT2D eigenvalue weighted by atomic mass is 16.7. The third kappa shape index (κ3) is 5.17. The standard InChI is InChI=1S/C18H32O3.C2H6/c1-16(2,19)7-3-5-15-6-10-17(13-15)8-4-9-18(14-17)20-11-12-21-18;1-2/h15,19H,3-14H2,1-2H3;1-2H3/t15-,17+;/m1./s1. The van der Waals surface area contributed by atoms with Crippen molar-refractivity contribution < 1.29 is 14.6 Å². The van der Waals surface area contributed by atoms with E-state index in [1.165, 1.54) is 38.5 Å². The van der Waals surface area contributed by atoms with Gasteiger partial charge in [-0.15, -0.1) is 0 Å². The number of rotatable bonds is 4. The van der Waals surface area contributed by atoms with Crippen LogP contribution in [0.3, 0.4) is 0 Å². The van der Waals surface area contributed by atoms with Crippen LogP contribution >= 0.6 is 0 Å². The van der Waals surface area contributed by atoms with Gasteiger partial charge in [-0.05, 0) is 63.7 Å². The minimum absolute atomic E-state index is 0.222. The quantitative estimate of drug-likeness (QED) is 0.785. The Bertz CT molecular complexity index is 354. The van der Waals surface area contributed by atoms with Crippen LogP contribution in [0.1, 0.15) is 91.9 Å². The number of hydrogen-bond donors (Lipinski definition) is 1. The van der Waals surface area contributed by atoms with Crippen molar-refractivity contribution in [1.82, 2.24) is 0 Å².